The maximum absolute atomic E-state index is 12.3. The van der Waals surface area contributed by atoms with Crippen LogP contribution in [-0.4, -0.2) is 34.3 Å². The van der Waals surface area contributed by atoms with Gasteiger partial charge in [0.05, 0.1) is 0 Å². The van der Waals surface area contributed by atoms with Gasteiger partial charge in [0.1, 0.15) is 5.84 Å². The number of hydrogen-bond donors (Lipinski definition) is 2. The number of amidine groups is 1. The number of nitrogens with zero attached hydrogens (tertiary/aromatic N) is 4. The Morgan fingerprint density at radius 3 is 2.53 bits per heavy atom. The van der Waals surface area contributed by atoms with E-state index in [9.17, 15) is 13.2 Å². The van der Waals surface area contributed by atoms with Crippen molar-refractivity contribution in [2.45, 2.75) is 25.6 Å². The summed E-state index contributed by atoms with van der Waals surface area (Å²) in [6.07, 6.45) is -4.26. The second kappa shape index (κ2) is 5.72. The van der Waals surface area contributed by atoms with Gasteiger partial charge in [0.15, 0.2) is 11.5 Å². The Morgan fingerprint density at radius 1 is 1.47 bits per heavy atom. The van der Waals surface area contributed by atoms with Crippen molar-refractivity contribution in [2.75, 3.05) is 11.9 Å². The fourth-order valence-electron chi connectivity index (χ4n) is 1.37. The molecule has 1 unspecified atom stereocenters. The Kier molecular flexibility index (Phi) is 4.52. The molecular weight excluding hydrogens is 263 g/mol. The Bertz CT molecular complexity index is 445. The van der Waals surface area contributed by atoms with Crippen LogP contribution in [0.15, 0.2) is 17.3 Å². The summed E-state index contributed by atoms with van der Waals surface area (Å²) in [5, 5.41) is 17.9. The summed E-state index contributed by atoms with van der Waals surface area (Å²) >= 11 is 0. The Labute approximate surface area is 107 Å². The predicted molar refractivity (Wildman–Crippen MR) is 62.9 cm³/mol. The Hall–Kier alpha value is -2.06. The zero-order valence-electron chi connectivity index (χ0n) is 10.4. The highest BCUT2D eigenvalue weighted by molar-refractivity contribution is 5.80. The SMILES string of the molecule is CC(C/C(N)=N/O)N(C)c1ccc(C(F)(F)F)nn1. The van der Waals surface area contributed by atoms with Crippen LogP contribution >= 0.6 is 0 Å². The molecule has 1 heterocycles. The van der Waals surface area contributed by atoms with Crippen molar-refractivity contribution in [3.8, 4) is 0 Å². The maximum Gasteiger partial charge on any atom is 0.435 e. The summed E-state index contributed by atoms with van der Waals surface area (Å²) in [7, 11) is 1.63. The van der Waals surface area contributed by atoms with Crippen LogP contribution in [0, 0.1) is 0 Å². The molecule has 0 aliphatic carbocycles. The lowest BCUT2D eigenvalue weighted by Gasteiger charge is -2.25. The van der Waals surface area contributed by atoms with Gasteiger partial charge >= 0.3 is 6.18 Å². The molecule has 6 nitrogen and oxygen atoms in total. The first-order valence-corrected chi connectivity index (χ1v) is 5.36. The largest absolute Gasteiger partial charge is 0.435 e. The number of rotatable bonds is 4. The fraction of sp³-hybridized carbons (Fsp3) is 0.500. The summed E-state index contributed by atoms with van der Waals surface area (Å²) in [5.41, 5.74) is 4.31. The van der Waals surface area contributed by atoms with Crippen LogP contribution in [0.25, 0.3) is 0 Å². The van der Waals surface area contributed by atoms with Crippen LogP contribution < -0.4 is 10.6 Å². The highest BCUT2D eigenvalue weighted by Crippen LogP contribution is 2.27. The zero-order chi connectivity index (χ0) is 14.6. The van der Waals surface area contributed by atoms with Crippen LogP contribution in [-0.2, 0) is 6.18 Å². The topological polar surface area (TPSA) is 87.6 Å². The molecule has 0 radical (unpaired) electrons. The van der Waals surface area contributed by atoms with E-state index >= 15 is 0 Å². The van der Waals surface area contributed by atoms with Gasteiger partial charge in [0, 0.05) is 19.5 Å². The second-order valence-electron chi connectivity index (χ2n) is 4.03. The van der Waals surface area contributed by atoms with Crippen molar-refractivity contribution in [3.63, 3.8) is 0 Å². The number of halogens is 3. The summed E-state index contributed by atoms with van der Waals surface area (Å²) in [4.78, 5) is 1.59. The fourth-order valence-corrected chi connectivity index (χ4v) is 1.37. The average Bonchev–Trinajstić information content (AvgIpc) is 2.36. The molecule has 3 N–H and O–H groups in total. The van der Waals surface area contributed by atoms with Crippen molar-refractivity contribution in [1.29, 1.82) is 0 Å². The first-order chi connectivity index (χ1) is 8.75. The molecule has 0 bridgehead atoms. The molecule has 0 amide bonds. The van der Waals surface area contributed by atoms with Gasteiger partial charge in [-0.05, 0) is 19.1 Å². The van der Waals surface area contributed by atoms with Crippen LogP contribution in [0.2, 0.25) is 0 Å². The summed E-state index contributed by atoms with van der Waals surface area (Å²) in [6, 6.07) is 1.87. The quantitative estimate of drug-likeness (QED) is 0.376. The molecular formula is C10H14F3N5O. The zero-order valence-corrected chi connectivity index (χ0v) is 10.4. The second-order valence-corrected chi connectivity index (χ2v) is 4.03. The van der Waals surface area contributed by atoms with Gasteiger partial charge in [-0.25, -0.2) is 0 Å². The highest BCUT2D eigenvalue weighted by Gasteiger charge is 2.33. The van der Waals surface area contributed by atoms with Gasteiger partial charge in [0.2, 0.25) is 0 Å². The minimum Gasteiger partial charge on any atom is -0.409 e. The number of nitrogens with two attached hydrogens (primary N) is 1. The summed E-state index contributed by atoms with van der Waals surface area (Å²) in [5.74, 6) is 0.297. The predicted octanol–water partition coefficient (Wildman–Crippen LogP) is 1.46. The minimum absolute atomic E-state index is 0.0271. The standard InChI is InChI=1S/C10H14F3N5O/c1-6(5-8(14)17-19)18(2)9-4-3-7(15-16-9)10(11,12)13/h3-4,6,19H,5H2,1-2H3,(H2,14,17). The normalized spacial score (nSPS) is 14.3. The van der Waals surface area contributed by atoms with E-state index in [0.29, 0.717) is 0 Å². The monoisotopic (exact) mass is 277 g/mol. The Balaban J connectivity index is 2.80. The van der Waals surface area contributed by atoms with Crippen LogP contribution in [0.4, 0.5) is 19.0 Å². The lowest BCUT2D eigenvalue weighted by Crippen LogP contribution is -2.34. The molecule has 0 aromatic carbocycles. The third-order valence-electron chi connectivity index (χ3n) is 2.60. The third kappa shape index (κ3) is 3.97. The molecule has 19 heavy (non-hydrogen) atoms. The number of alkyl halides is 3. The summed E-state index contributed by atoms with van der Waals surface area (Å²) in [6.45, 7) is 1.76. The highest BCUT2D eigenvalue weighted by atomic mass is 19.4. The van der Waals surface area contributed by atoms with Crippen LogP contribution in [0.5, 0.6) is 0 Å². The van der Waals surface area contributed by atoms with Gasteiger partial charge in [-0.2, -0.15) is 13.2 Å². The number of hydrogen-bond acceptors (Lipinski definition) is 5. The van der Waals surface area contributed by atoms with E-state index in [-0.39, 0.29) is 24.1 Å². The van der Waals surface area contributed by atoms with Gasteiger partial charge in [0.25, 0.3) is 0 Å². The van der Waals surface area contributed by atoms with E-state index in [0.717, 1.165) is 6.07 Å². The molecule has 0 aliphatic rings. The van der Waals surface area contributed by atoms with Crippen LogP contribution in [0.1, 0.15) is 19.0 Å². The lowest BCUT2D eigenvalue weighted by atomic mass is 10.2. The molecule has 0 saturated carbocycles. The first kappa shape index (κ1) is 15.0. The van der Waals surface area contributed by atoms with Crippen LogP contribution in [0.3, 0.4) is 0 Å². The number of oxime groups is 1. The van der Waals surface area contributed by atoms with Crippen molar-refractivity contribution >= 4 is 11.7 Å². The van der Waals surface area contributed by atoms with E-state index < -0.39 is 11.9 Å². The molecule has 9 heteroatoms. The number of aromatic nitrogens is 2. The van der Waals surface area contributed by atoms with E-state index in [4.69, 9.17) is 10.9 Å². The average molecular weight is 277 g/mol. The molecule has 1 rings (SSSR count). The lowest BCUT2D eigenvalue weighted by molar-refractivity contribution is -0.141. The Morgan fingerprint density at radius 2 is 2.11 bits per heavy atom. The van der Waals surface area contributed by atoms with Crippen molar-refractivity contribution in [1.82, 2.24) is 10.2 Å². The van der Waals surface area contributed by atoms with E-state index in [1.54, 1.807) is 18.9 Å². The molecule has 0 saturated heterocycles. The molecule has 0 spiro atoms. The van der Waals surface area contributed by atoms with E-state index in [2.05, 4.69) is 15.4 Å². The maximum atomic E-state index is 12.3. The van der Waals surface area contributed by atoms with Gasteiger partial charge in [-0.15, -0.1) is 10.2 Å². The van der Waals surface area contributed by atoms with Crippen molar-refractivity contribution < 1.29 is 18.4 Å². The summed E-state index contributed by atoms with van der Waals surface area (Å²) < 4.78 is 37.0. The van der Waals surface area contributed by atoms with Gasteiger partial charge < -0.3 is 15.8 Å². The molecule has 106 valence electrons. The molecule has 0 fully saturated rings. The molecule has 1 atom stereocenters. The van der Waals surface area contributed by atoms with E-state index in [1.807, 2.05) is 0 Å². The smallest absolute Gasteiger partial charge is 0.409 e. The van der Waals surface area contributed by atoms with Gasteiger partial charge in [-0.3, -0.25) is 0 Å². The molecule has 0 aliphatic heterocycles. The van der Waals surface area contributed by atoms with E-state index in [1.165, 1.54) is 6.07 Å². The third-order valence-corrected chi connectivity index (χ3v) is 2.60. The minimum atomic E-state index is -4.51. The first-order valence-electron chi connectivity index (χ1n) is 5.36. The number of anilines is 1. The van der Waals surface area contributed by atoms with Gasteiger partial charge in [-0.1, -0.05) is 5.16 Å². The van der Waals surface area contributed by atoms with Crippen molar-refractivity contribution in [3.05, 3.63) is 17.8 Å². The molecule has 1 aromatic rings. The van der Waals surface area contributed by atoms with Crippen molar-refractivity contribution in [2.24, 2.45) is 10.9 Å². The molecule has 1 aromatic heterocycles.